The third kappa shape index (κ3) is 6.20. The Bertz CT molecular complexity index is 281. The molecule has 7 heteroatoms. The van der Waals surface area contributed by atoms with Crippen molar-refractivity contribution >= 4 is 50.3 Å². The topological polar surface area (TPSA) is 61.8 Å². The summed E-state index contributed by atoms with van der Waals surface area (Å²) in [5.41, 5.74) is 0. The first-order valence-corrected chi connectivity index (χ1v) is 19.6. The van der Waals surface area contributed by atoms with E-state index in [0.717, 1.165) is 17.7 Å². The molecular formula is C12H26O5Sn2. The van der Waals surface area contributed by atoms with E-state index in [2.05, 4.69) is 0 Å². The van der Waals surface area contributed by atoms with E-state index in [4.69, 9.17) is 7.56 Å². The SMILES string of the molecule is C[CH2][Sn]([CH2]C)([O]C(C)=O)[O][Sn]([CH2]C)([CH2]C)[O]C(C)=O. The summed E-state index contributed by atoms with van der Waals surface area (Å²) in [5, 5.41) is 0. The van der Waals surface area contributed by atoms with Gasteiger partial charge in [-0.1, -0.05) is 0 Å². The van der Waals surface area contributed by atoms with Gasteiger partial charge in [0.2, 0.25) is 0 Å². The standard InChI is InChI=1S/2C2H4O2.4C2H5.O.2Sn/c2*1-2(3)4;4*1-2;;;/h2*1H3,(H,3,4);4*1H2,2H3;;;/q;;;;;;;2*+1/p-2. The van der Waals surface area contributed by atoms with E-state index < -0.39 is 38.4 Å². The molecule has 0 heterocycles. The Kier molecular flexibility index (Phi) is 8.94. The molecule has 0 radical (unpaired) electrons. The van der Waals surface area contributed by atoms with E-state index >= 15 is 0 Å². The zero-order valence-electron chi connectivity index (χ0n) is 12.9. The van der Waals surface area contributed by atoms with Crippen LogP contribution in [-0.2, 0) is 17.1 Å². The summed E-state index contributed by atoms with van der Waals surface area (Å²) in [6, 6.07) is 0. The predicted molar refractivity (Wildman–Crippen MR) is 78.0 cm³/mol. The van der Waals surface area contributed by atoms with E-state index in [0.29, 0.717) is 0 Å². The van der Waals surface area contributed by atoms with Gasteiger partial charge in [-0.15, -0.1) is 0 Å². The molecule has 5 nitrogen and oxygen atoms in total. The summed E-state index contributed by atoms with van der Waals surface area (Å²) in [6.45, 7) is 10.8. The van der Waals surface area contributed by atoms with E-state index in [1.807, 2.05) is 27.7 Å². The Balaban J connectivity index is 5.23. The van der Waals surface area contributed by atoms with E-state index in [-0.39, 0.29) is 11.9 Å². The molecule has 0 aliphatic rings. The third-order valence-electron chi connectivity index (χ3n) is 3.19. The second-order valence-electron chi connectivity index (χ2n) is 4.52. The van der Waals surface area contributed by atoms with E-state index in [1.165, 1.54) is 13.8 Å². The van der Waals surface area contributed by atoms with Crippen molar-refractivity contribution in [3.8, 4) is 0 Å². The molecule has 0 unspecified atom stereocenters. The van der Waals surface area contributed by atoms with Crippen molar-refractivity contribution in [2.75, 3.05) is 0 Å². The van der Waals surface area contributed by atoms with Crippen LogP contribution >= 0.6 is 0 Å². The minimum absolute atomic E-state index is 0.283. The van der Waals surface area contributed by atoms with Crippen LogP contribution in [0.15, 0.2) is 0 Å². The molecule has 0 N–H and O–H groups in total. The van der Waals surface area contributed by atoms with Crippen LogP contribution in [0.25, 0.3) is 0 Å². The van der Waals surface area contributed by atoms with Crippen molar-refractivity contribution in [1.82, 2.24) is 0 Å². The van der Waals surface area contributed by atoms with Gasteiger partial charge in [0, 0.05) is 0 Å². The van der Waals surface area contributed by atoms with Crippen molar-refractivity contribution < 1.29 is 17.1 Å². The van der Waals surface area contributed by atoms with E-state index in [9.17, 15) is 9.59 Å². The molecule has 0 saturated carbocycles. The monoisotopic (exact) mass is 490 g/mol. The molecule has 0 aromatic rings. The van der Waals surface area contributed by atoms with Gasteiger partial charge in [0.05, 0.1) is 0 Å². The Labute approximate surface area is 126 Å². The molecule has 0 bridgehead atoms. The van der Waals surface area contributed by atoms with Crippen LogP contribution in [0, 0.1) is 0 Å². The summed E-state index contributed by atoms with van der Waals surface area (Å²) in [7, 11) is 0. The first-order valence-electron chi connectivity index (χ1n) is 6.88. The molecule has 0 aliphatic heterocycles. The van der Waals surface area contributed by atoms with Gasteiger partial charge < -0.3 is 0 Å². The molecule has 0 saturated heterocycles. The number of carbonyl (C=O) groups excluding carboxylic acids is 2. The van der Waals surface area contributed by atoms with Crippen molar-refractivity contribution in [1.29, 1.82) is 0 Å². The summed E-state index contributed by atoms with van der Waals surface area (Å²) in [5.74, 6) is -0.565. The molecule has 0 amide bonds. The third-order valence-corrected chi connectivity index (χ3v) is 35.6. The molecule has 0 atom stereocenters. The fraction of sp³-hybridized carbons (Fsp3) is 0.833. The summed E-state index contributed by atoms with van der Waals surface area (Å²) < 4.78 is 20.6. The summed E-state index contributed by atoms with van der Waals surface area (Å²) in [6.07, 6.45) is 0. The Morgan fingerprint density at radius 1 is 0.737 bits per heavy atom. The van der Waals surface area contributed by atoms with Crippen molar-refractivity contribution in [2.24, 2.45) is 0 Å². The zero-order chi connectivity index (χ0) is 15.1. The van der Waals surface area contributed by atoms with Gasteiger partial charge in [-0.25, -0.2) is 0 Å². The van der Waals surface area contributed by atoms with Crippen LogP contribution in [0.3, 0.4) is 0 Å². The Hall–Kier alpha value is 0.497. The van der Waals surface area contributed by atoms with Gasteiger partial charge in [-0.2, -0.15) is 0 Å². The first-order chi connectivity index (χ1) is 8.78. The molecule has 0 aliphatic carbocycles. The minimum atomic E-state index is -3.42. The van der Waals surface area contributed by atoms with Crippen LogP contribution in [0.2, 0.25) is 17.7 Å². The van der Waals surface area contributed by atoms with Gasteiger partial charge in [0.15, 0.2) is 0 Å². The summed E-state index contributed by atoms with van der Waals surface area (Å²) in [4.78, 5) is 22.7. The van der Waals surface area contributed by atoms with Crippen molar-refractivity contribution in [2.45, 2.75) is 59.3 Å². The second kappa shape index (κ2) is 8.71. The van der Waals surface area contributed by atoms with Gasteiger partial charge >= 0.3 is 127 Å². The molecule has 112 valence electrons. The molecule has 0 aromatic carbocycles. The van der Waals surface area contributed by atoms with Crippen molar-refractivity contribution in [3.63, 3.8) is 0 Å². The fourth-order valence-electron chi connectivity index (χ4n) is 1.98. The van der Waals surface area contributed by atoms with Gasteiger partial charge in [-0.3, -0.25) is 0 Å². The van der Waals surface area contributed by atoms with E-state index in [1.54, 1.807) is 0 Å². The van der Waals surface area contributed by atoms with Crippen LogP contribution < -0.4 is 0 Å². The molecule has 0 aromatic heterocycles. The average molecular weight is 488 g/mol. The Morgan fingerprint density at radius 3 is 1.16 bits per heavy atom. The molecule has 0 fully saturated rings. The molecular weight excluding hydrogens is 462 g/mol. The Morgan fingerprint density at radius 2 is 1.00 bits per heavy atom. The van der Waals surface area contributed by atoms with Crippen LogP contribution in [0.1, 0.15) is 41.5 Å². The predicted octanol–water partition coefficient (Wildman–Crippen LogP) is 3.09. The summed E-state index contributed by atoms with van der Waals surface area (Å²) >= 11 is -6.84. The number of carbonyl (C=O) groups is 2. The fourth-order valence-corrected chi connectivity index (χ4v) is 38.9. The average Bonchev–Trinajstić information content (AvgIpc) is 2.35. The molecule has 19 heavy (non-hydrogen) atoms. The maximum absolute atomic E-state index is 11.3. The zero-order valence-corrected chi connectivity index (χ0v) is 18.6. The maximum atomic E-state index is 11.3. The van der Waals surface area contributed by atoms with Crippen LogP contribution in [0.4, 0.5) is 0 Å². The quantitative estimate of drug-likeness (QED) is 0.493. The first kappa shape index (κ1) is 19.5. The van der Waals surface area contributed by atoms with Crippen LogP contribution in [-0.4, -0.2) is 50.3 Å². The number of hydrogen-bond donors (Lipinski definition) is 0. The molecule has 0 rings (SSSR count). The van der Waals surface area contributed by atoms with Gasteiger partial charge in [-0.05, 0) is 0 Å². The molecule has 0 spiro atoms. The van der Waals surface area contributed by atoms with Gasteiger partial charge in [0.1, 0.15) is 0 Å². The second-order valence-corrected chi connectivity index (χ2v) is 28.7. The van der Waals surface area contributed by atoms with Crippen molar-refractivity contribution in [3.05, 3.63) is 0 Å². The normalized spacial score (nSPS) is 12.1. The van der Waals surface area contributed by atoms with Gasteiger partial charge in [0.25, 0.3) is 0 Å². The van der Waals surface area contributed by atoms with Crippen LogP contribution in [0.5, 0.6) is 0 Å². The number of hydrogen-bond acceptors (Lipinski definition) is 5. The number of rotatable bonds is 8.